The van der Waals surface area contributed by atoms with Gasteiger partial charge in [0.1, 0.15) is 30.0 Å². The van der Waals surface area contributed by atoms with Crippen molar-refractivity contribution in [1.29, 1.82) is 0 Å². The van der Waals surface area contributed by atoms with Crippen molar-refractivity contribution in [3.63, 3.8) is 0 Å². The fraction of sp³-hybridized carbons (Fsp3) is 0.471. The van der Waals surface area contributed by atoms with Crippen molar-refractivity contribution >= 4 is 17.4 Å². The minimum Gasteiger partial charge on any atom is -0.378 e. The molecular formula is C17H19F3N8O. The third-order valence-corrected chi connectivity index (χ3v) is 4.71. The SMILES string of the molecule is COCc1cc(N2CCC(Nc3cc(C(F)(F)F)ncn3)CC2)n2ncnc2n1. The summed E-state index contributed by atoms with van der Waals surface area (Å²) in [5.41, 5.74) is -0.201. The lowest BCUT2D eigenvalue weighted by molar-refractivity contribution is -0.141. The van der Waals surface area contributed by atoms with Crippen LogP contribution in [-0.4, -0.2) is 55.8 Å². The zero-order valence-corrected chi connectivity index (χ0v) is 15.6. The number of hydrogen-bond donors (Lipinski definition) is 1. The van der Waals surface area contributed by atoms with Gasteiger partial charge < -0.3 is 15.0 Å². The van der Waals surface area contributed by atoms with E-state index >= 15 is 0 Å². The molecular weight excluding hydrogens is 389 g/mol. The lowest BCUT2D eigenvalue weighted by Crippen LogP contribution is -2.40. The molecule has 1 aliphatic heterocycles. The van der Waals surface area contributed by atoms with Crippen LogP contribution in [0, 0.1) is 0 Å². The van der Waals surface area contributed by atoms with E-state index in [4.69, 9.17) is 4.74 Å². The maximum atomic E-state index is 12.8. The number of aromatic nitrogens is 6. The second kappa shape index (κ2) is 7.78. The molecule has 12 heteroatoms. The van der Waals surface area contributed by atoms with Crippen LogP contribution < -0.4 is 10.2 Å². The number of anilines is 2. The van der Waals surface area contributed by atoms with Gasteiger partial charge in [-0.15, -0.1) is 0 Å². The Kier molecular flexibility index (Phi) is 5.18. The third kappa shape index (κ3) is 4.21. The molecule has 1 saturated heterocycles. The van der Waals surface area contributed by atoms with E-state index in [1.807, 2.05) is 6.07 Å². The molecule has 0 radical (unpaired) electrons. The normalized spacial score (nSPS) is 15.8. The Morgan fingerprint density at radius 1 is 1.14 bits per heavy atom. The van der Waals surface area contributed by atoms with Crippen LogP contribution in [0.4, 0.5) is 24.8 Å². The van der Waals surface area contributed by atoms with Gasteiger partial charge in [0, 0.05) is 38.4 Å². The summed E-state index contributed by atoms with van der Waals surface area (Å²) in [4.78, 5) is 17.9. The summed E-state index contributed by atoms with van der Waals surface area (Å²) in [6.07, 6.45) is -0.666. The minimum atomic E-state index is -4.49. The van der Waals surface area contributed by atoms with Gasteiger partial charge in [-0.25, -0.2) is 15.0 Å². The maximum absolute atomic E-state index is 12.8. The Hall–Kier alpha value is -3.02. The van der Waals surface area contributed by atoms with Crippen molar-refractivity contribution in [2.75, 3.05) is 30.4 Å². The topological polar surface area (TPSA) is 93.4 Å². The second-order valence-corrected chi connectivity index (χ2v) is 6.70. The number of piperidine rings is 1. The van der Waals surface area contributed by atoms with Crippen molar-refractivity contribution in [3.8, 4) is 0 Å². The number of ether oxygens (including phenoxy) is 1. The Bertz CT molecular complexity index is 984. The molecule has 0 atom stereocenters. The summed E-state index contributed by atoms with van der Waals surface area (Å²) in [6, 6.07) is 2.86. The predicted octanol–water partition coefficient (Wildman–Crippen LogP) is 2.16. The highest BCUT2D eigenvalue weighted by molar-refractivity contribution is 5.48. The highest BCUT2D eigenvalue weighted by atomic mass is 19.4. The van der Waals surface area contributed by atoms with E-state index in [0.29, 0.717) is 25.5 Å². The second-order valence-electron chi connectivity index (χ2n) is 6.70. The molecule has 0 saturated carbocycles. The number of halogens is 3. The van der Waals surface area contributed by atoms with Gasteiger partial charge in [0.15, 0.2) is 0 Å². The van der Waals surface area contributed by atoms with E-state index in [1.54, 1.807) is 11.6 Å². The van der Waals surface area contributed by atoms with Crippen LogP contribution in [0.1, 0.15) is 24.2 Å². The number of nitrogens with one attached hydrogen (secondary N) is 1. The van der Waals surface area contributed by atoms with E-state index in [1.165, 1.54) is 6.33 Å². The van der Waals surface area contributed by atoms with Crippen LogP contribution in [0.2, 0.25) is 0 Å². The van der Waals surface area contributed by atoms with Crippen LogP contribution in [0.15, 0.2) is 24.8 Å². The summed E-state index contributed by atoms with van der Waals surface area (Å²) >= 11 is 0. The first-order chi connectivity index (χ1) is 13.9. The maximum Gasteiger partial charge on any atom is 0.433 e. The van der Waals surface area contributed by atoms with E-state index in [2.05, 4.69) is 35.3 Å². The molecule has 0 bridgehead atoms. The molecule has 0 amide bonds. The van der Waals surface area contributed by atoms with Gasteiger partial charge in [0.2, 0.25) is 0 Å². The first-order valence-electron chi connectivity index (χ1n) is 9.03. The molecule has 4 heterocycles. The van der Waals surface area contributed by atoms with Gasteiger partial charge in [-0.05, 0) is 12.8 Å². The number of alkyl halides is 3. The summed E-state index contributed by atoms with van der Waals surface area (Å²) < 4.78 is 45.3. The standard InChI is InChI=1S/C17H19F3N8O/c1-29-8-12-6-15(28-16(26-12)23-10-24-28)27-4-2-11(3-5-27)25-14-7-13(17(18,19)20)21-9-22-14/h6-7,9-11H,2-5,8H2,1H3,(H,21,22,25). The summed E-state index contributed by atoms with van der Waals surface area (Å²) in [5, 5.41) is 7.32. The predicted molar refractivity (Wildman–Crippen MR) is 97.4 cm³/mol. The molecule has 0 spiro atoms. The van der Waals surface area contributed by atoms with Crippen LogP contribution in [0.3, 0.4) is 0 Å². The Labute approximate surface area is 164 Å². The third-order valence-electron chi connectivity index (χ3n) is 4.71. The molecule has 0 aromatic carbocycles. The monoisotopic (exact) mass is 408 g/mol. The molecule has 0 unspecified atom stereocenters. The molecule has 4 rings (SSSR count). The summed E-state index contributed by atoms with van der Waals surface area (Å²) in [5.74, 6) is 1.53. The number of fused-ring (bicyclic) bond motifs is 1. The number of hydrogen-bond acceptors (Lipinski definition) is 8. The van der Waals surface area contributed by atoms with Crippen molar-refractivity contribution < 1.29 is 17.9 Å². The van der Waals surface area contributed by atoms with Crippen LogP contribution in [-0.2, 0) is 17.5 Å². The fourth-order valence-corrected chi connectivity index (χ4v) is 3.34. The number of methoxy groups -OCH3 is 1. The molecule has 0 aliphatic carbocycles. The Morgan fingerprint density at radius 3 is 2.66 bits per heavy atom. The van der Waals surface area contributed by atoms with Gasteiger partial charge in [-0.1, -0.05) is 0 Å². The van der Waals surface area contributed by atoms with Gasteiger partial charge in [0.25, 0.3) is 5.78 Å². The number of rotatable bonds is 5. The average molecular weight is 408 g/mol. The molecule has 1 aliphatic rings. The lowest BCUT2D eigenvalue weighted by atomic mass is 10.0. The molecule has 1 N–H and O–H groups in total. The van der Waals surface area contributed by atoms with Crippen LogP contribution in [0.5, 0.6) is 0 Å². The molecule has 154 valence electrons. The molecule has 1 fully saturated rings. The van der Waals surface area contributed by atoms with E-state index < -0.39 is 11.9 Å². The van der Waals surface area contributed by atoms with Crippen molar-refractivity contribution in [3.05, 3.63) is 36.2 Å². The first-order valence-corrected chi connectivity index (χ1v) is 9.03. The minimum absolute atomic E-state index is 0.00811. The first kappa shape index (κ1) is 19.3. The van der Waals surface area contributed by atoms with Crippen LogP contribution in [0.25, 0.3) is 5.78 Å². The van der Waals surface area contributed by atoms with Crippen molar-refractivity contribution in [1.82, 2.24) is 29.5 Å². The Balaban J connectivity index is 1.45. The largest absolute Gasteiger partial charge is 0.433 e. The zero-order valence-electron chi connectivity index (χ0n) is 15.6. The lowest BCUT2D eigenvalue weighted by Gasteiger charge is -2.34. The van der Waals surface area contributed by atoms with Crippen molar-refractivity contribution in [2.24, 2.45) is 0 Å². The van der Waals surface area contributed by atoms with Gasteiger partial charge in [0.05, 0.1) is 12.3 Å². The van der Waals surface area contributed by atoms with Gasteiger partial charge >= 0.3 is 6.18 Å². The highest BCUT2D eigenvalue weighted by Crippen LogP contribution is 2.29. The molecule has 29 heavy (non-hydrogen) atoms. The van der Waals surface area contributed by atoms with Gasteiger partial charge in [-0.2, -0.15) is 27.8 Å². The average Bonchev–Trinajstić information content (AvgIpc) is 3.16. The molecule has 3 aromatic rings. The van der Waals surface area contributed by atoms with Crippen LogP contribution >= 0.6 is 0 Å². The molecule has 3 aromatic heterocycles. The summed E-state index contributed by atoms with van der Waals surface area (Å²) in [6.45, 7) is 1.75. The molecule has 9 nitrogen and oxygen atoms in total. The highest BCUT2D eigenvalue weighted by Gasteiger charge is 2.33. The number of nitrogens with zero attached hydrogens (tertiary/aromatic N) is 7. The summed E-state index contributed by atoms with van der Waals surface area (Å²) in [7, 11) is 1.60. The van der Waals surface area contributed by atoms with E-state index in [-0.39, 0.29) is 11.9 Å². The quantitative estimate of drug-likeness (QED) is 0.687. The Morgan fingerprint density at radius 2 is 1.93 bits per heavy atom. The van der Waals surface area contributed by atoms with E-state index in [9.17, 15) is 13.2 Å². The van der Waals surface area contributed by atoms with Gasteiger partial charge in [-0.3, -0.25) is 0 Å². The van der Waals surface area contributed by atoms with E-state index in [0.717, 1.165) is 36.7 Å². The van der Waals surface area contributed by atoms with Crippen molar-refractivity contribution in [2.45, 2.75) is 31.7 Å². The fourth-order valence-electron chi connectivity index (χ4n) is 3.34. The smallest absolute Gasteiger partial charge is 0.378 e. The zero-order chi connectivity index (χ0) is 20.4.